The topological polar surface area (TPSA) is 100 Å². The Bertz CT molecular complexity index is 1350. The summed E-state index contributed by atoms with van der Waals surface area (Å²) in [7, 11) is 1.52. The number of carbonyl (C=O) groups excluding carboxylic acids is 1. The largest absolute Gasteiger partial charge is 0.493 e. The second-order valence-electron chi connectivity index (χ2n) is 7.39. The lowest BCUT2D eigenvalue weighted by molar-refractivity contribution is -0.385. The number of nitro groups is 1. The zero-order valence-electron chi connectivity index (χ0n) is 18.3. The molecule has 1 heterocycles. The van der Waals surface area contributed by atoms with Crippen molar-refractivity contribution >= 4 is 35.2 Å². The molecule has 0 unspecified atom stereocenters. The first kappa shape index (κ1) is 23.0. The van der Waals surface area contributed by atoms with E-state index in [1.54, 1.807) is 49.4 Å². The number of benzene rings is 3. The molecule has 4 rings (SSSR count). The quantitative estimate of drug-likeness (QED) is 0.193. The monoisotopic (exact) mass is 478 g/mol. The molecule has 0 N–H and O–H groups in total. The first-order valence-corrected chi connectivity index (χ1v) is 10.6. The van der Waals surface area contributed by atoms with E-state index in [4.69, 9.17) is 25.8 Å². The van der Waals surface area contributed by atoms with E-state index in [2.05, 4.69) is 4.99 Å². The van der Waals surface area contributed by atoms with E-state index < -0.39 is 10.9 Å². The first-order chi connectivity index (χ1) is 16.4. The summed E-state index contributed by atoms with van der Waals surface area (Å²) in [5.74, 6) is 0.200. The number of aryl methyl sites for hydroxylation is 1. The number of nitrogens with zero attached hydrogens (tertiary/aromatic N) is 2. The van der Waals surface area contributed by atoms with Gasteiger partial charge in [0.2, 0.25) is 5.90 Å². The predicted molar refractivity (Wildman–Crippen MR) is 127 cm³/mol. The number of esters is 1. The molecule has 3 aromatic carbocycles. The van der Waals surface area contributed by atoms with Crippen molar-refractivity contribution in [1.82, 2.24) is 0 Å². The number of methoxy groups -OCH3 is 1. The Morgan fingerprint density at radius 1 is 1.15 bits per heavy atom. The Morgan fingerprint density at radius 3 is 2.68 bits per heavy atom. The van der Waals surface area contributed by atoms with E-state index in [0.717, 1.165) is 5.56 Å². The highest BCUT2D eigenvalue weighted by atomic mass is 35.5. The molecule has 0 aliphatic carbocycles. The Balaban J connectivity index is 1.67. The maximum atomic E-state index is 12.5. The Kier molecular flexibility index (Phi) is 6.60. The van der Waals surface area contributed by atoms with Crippen molar-refractivity contribution in [2.45, 2.75) is 13.5 Å². The van der Waals surface area contributed by atoms with Crippen molar-refractivity contribution in [2.75, 3.05) is 7.11 Å². The number of cyclic esters (lactones) is 1. The normalized spacial score (nSPS) is 14.0. The summed E-state index contributed by atoms with van der Waals surface area (Å²) in [6.07, 6.45) is 1.52. The van der Waals surface area contributed by atoms with Crippen molar-refractivity contribution in [3.8, 4) is 11.5 Å². The Hall–Kier alpha value is -4.17. The number of hydrogen-bond acceptors (Lipinski definition) is 7. The summed E-state index contributed by atoms with van der Waals surface area (Å²) in [6, 6.07) is 17.0. The van der Waals surface area contributed by atoms with Crippen molar-refractivity contribution in [2.24, 2.45) is 4.99 Å². The van der Waals surface area contributed by atoms with Crippen molar-refractivity contribution in [3.63, 3.8) is 0 Å². The van der Waals surface area contributed by atoms with Crippen molar-refractivity contribution in [3.05, 3.63) is 104 Å². The summed E-state index contributed by atoms with van der Waals surface area (Å²) in [4.78, 5) is 27.5. The van der Waals surface area contributed by atoms with Gasteiger partial charge in [-0.3, -0.25) is 10.1 Å². The van der Waals surface area contributed by atoms with Crippen molar-refractivity contribution < 1.29 is 23.9 Å². The molecule has 0 saturated carbocycles. The standard InChI is InChI=1S/C25H19ClN2O6/c1-15-9-10-18(13-21(15)28(30)31)24-27-20(25(29)34-24)12-17-6-4-8-22(32-2)23(17)33-14-16-5-3-7-19(26)11-16/h3-13H,14H2,1-2H3/b20-12-. The summed E-state index contributed by atoms with van der Waals surface area (Å²) in [5.41, 5.74) is 2.17. The number of para-hydroxylation sites is 1. The number of rotatable bonds is 7. The molecule has 0 spiro atoms. The lowest BCUT2D eigenvalue weighted by atomic mass is 10.1. The van der Waals surface area contributed by atoms with Crippen LogP contribution in [0.25, 0.3) is 6.08 Å². The number of nitro benzene ring substituents is 1. The van der Waals surface area contributed by atoms with E-state index in [9.17, 15) is 14.9 Å². The van der Waals surface area contributed by atoms with Crippen LogP contribution in [-0.2, 0) is 16.1 Å². The molecule has 9 heteroatoms. The van der Waals surface area contributed by atoms with Crippen LogP contribution in [0.5, 0.6) is 11.5 Å². The number of aliphatic imine (C=N–C) groups is 1. The van der Waals surface area contributed by atoms with Gasteiger partial charge in [-0.1, -0.05) is 41.9 Å². The third kappa shape index (κ3) is 4.92. The van der Waals surface area contributed by atoms with Gasteiger partial charge in [-0.15, -0.1) is 0 Å². The van der Waals surface area contributed by atoms with Crippen LogP contribution in [-0.4, -0.2) is 23.9 Å². The summed E-state index contributed by atoms with van der Waals surface area (Å²) in [5, 5.41) is 11.8. The fourth-order valence-electron chi connectivity index (χ4n) is 3.36. The average Bonchev–Trinajstić information content (AvgIpc) is 3.18. The number of carbonyl (C=O) groups is 1. The molecule has 0 atom stereocenters. The molecule has 8 nitrogen and oxygen atoms in total. The minimum Gasteiger partial charge on any atom is -0.493 e. The highest BCUT2D eigenvalue weighted by Crippen LogP contribution is 2.34. The second-order valence-corrected chi connectivity index (χ2v) is 7.83. The molecule has 34 heavy (non-hydrogen) atoms. The molecule has 0 amide bonds. The maximum absolute atomic E-state index is 12.5. The zero-order chi connectivity index (χ0) is 24.2. The summed E-state index contributed by atoms with van der Waals surface area (Å²) in [6.45, 7) is 1.85. The highest BCUT2D eigenvalue weighted by molar-refractivity contribution is 6.30. The first-order valence-electron chi connectivity index (χ1n) is 10.2. The molecule has 1 aliphatic rings. The fourth-order valence-corrected chi connectivity index (χ4v) is 3.58. The summed E-state index contributed by atoms with van der Waals surface area (Å²) >= 11 is 6.05. The Morgan fingerprint density at radius 2 is 1.94 bits per heavy atom. The van der Waals surface area contributed by atoms with E-state index in [1.807, 2.05) is 12.1 Å². The molecule has 0 bridgehead atoms. The van der Waals surface area contributed by atoms with Gasteiger partial charge in [0, 0.05) is 27.8 Å². The fraction of sp³-hybridized carbons (Fsp3) is 0.120. The highest BCUT2D eigenvalue weighted by Gasteiger charge is 2.26. The number of halogens is 1. The van der Waals surface area contributed by atoms with Crippen LogP contribution in [0.1, 0.15) is 22.3 Å². The van der Waals surface area contributed by atoms with Gasteiger partial charge < -0.3 is 14.2 Å². The van der Waals surface area contributed by atoms with Crippen LogP contribution in [0.3, 0.4) is 0 Å². The Labute approximate surface area is 200 Å². The molecule has 0 radical (unpaired) electrons. The van der Waals surface area contributed by atoms with Crippen LogP contribution in [0.4, 0.5) is 5.69 Å². The van der Waals surface area contributed by atoms with Crippen LogP contribution >= 0.6 is 11.6 Å². The van der Waals surface area contributed by atoms with Crippen LogP contribution < -0.4 is 9.47 Å². The third-order valence-electron chi connectivity index (χ3n) is 5.07. The molecule has 3 aromatic rings. The van der Waals surface area contributed by atoms with Crippen LogP contribution in [0.15, 0.2) is 71.4 Å². The molecule has 0 saturated heterocycles. The molecule has 0 aromatic heterocycles. The minimum absolute atomic E-state index is 0.0105. The average molecular weight is 479 g/mol. The molecule has 0 fully saturated rings. The summed E-state index contributed by atoms with van der Waals surface area (Å²) < 4.78 is 16.7. The van der Waals surface area contributed by atoms with Gasteiger partial charge in [0.25, 0.3) is 5.69 Å². The van der Waals surface area contributed by atoms with Crippen LogP contribution in [0, 0.1) is 17.0 Å². The van der Waals surface area contributed by atoms with E-state index in [0.29, 0.717) is 33.2 Å². The van der Waals surface area contributed by atoms with E-state index in [1.165, 1.54) is 19.3 Å². The van der Waals surface area contributed by atoms with Gasteiger partial charge in [0.05, 0.1) is 12.0 Å². The van der Waals surface area contributed by atoms with E-state index in [-0.39, 0.29) is 23.9 Å². The third-order valence-corrected chi connectivity index (χ3v) is 5.30. The lowest BCUT2D eigenvalue weighted by Gasteiger charge is -2.13. The second kappa shape index (κ2) is 9.76. The van der Waals surface area contributed by atoms with Gasteiger partial charge >= 0.3 is 5.97 Å². The molecular weight excluding hydrogens is 460 g/mol. The van der Waals surface area contributed by atoms with Gasteiger partial charge in [-0.2, -0.15) is 0 Å². The predicted octanol–water partition coefficient (Wildman–Crippen LogP) is 5.49. The lowest BCUT2D eigenvalue weighted by Crippen LogP contribution is -2.06. The number of ether oxygens (including phenoxy) is 3. The molecular formula is C25H19ClN2O6. The molecule has 1 aliphatic heterocycles. The SMILES string of the molecule is COc1cccc(/C=C2\N=C(c3ccc(C)c([N+](=O)[O-])c3)OC2=O)c1OCc1cccc(Cl)c1. The van der Waals surface area contributed by atoms with Crippen molar-refractivity contribution in [1.29, 1.82) is 0 Å². The smallest absolute Gasteiger partial charge is 0.363 e. The van der Waals surface area contributed by atoms with Gasteiger partial charge in [-0.05, 0) is 42.8 Å². The van der Waals surface area contributed by atoms with Gasteiger partial charge in [0.1, 0.15) is 6.61 Å². The zero-order valence-corrected chi connectivity index (χ0v) is 19.0. The van der Waals surface area contributed by atoms with Gasteiger partial charge in [-0.25, -0.2) is 9.79 Å². The minimum atomic E-state index is -0.679. The molecule has 172 valence electrons. The number of hydrogen-bond donors (Lipinski definition) is 0. The van der Waals surface area contributed by atoms with Crippen LogP contribution in [0.2, 0.25) is 5.02 Å². The van der Waals surface area contributed by atoms with Gasteiger partial charge in [0.15, 0.2) is 17.2 Å². The maximum Gasteiger partial charge on any atom is 0.363 e. The van der Waals surface area contributed by atoms with E-state index >= 15 is 0 Å².